The molecule has 0 fully saturated rings. The molecule has 109 valence electrons. The SMILES string of the molecule is CC(c1ccccc1)c1[c]cccc1C(C)c1ccccc1. The predicted octanol–water partition coefficient (Wildman–Crippen LogP) is 5.79. The summed E-state index contributed by atoms with van der Waals surface area (Å²) in [6.45, 7) is 4.54. The van der Waals surface area contributed by atoms with E-state index in [0.717, 1.165) is 0 Å². The summed E-state index contributed by atoms with van der Waals surface area (Å²) in [4.78, 5) is 0. The van der Waals surface area contributed by atoms with Crippen LogP contribution in [0.15, 0.2) is 78.9 Å². The van der Waals surface area contributed by atoms with E-state index in [1.165, 1.54) is 22.3 Å². The van der Waals surface area contributed by atoms with Crippen molar-refractivity contribution in [2.24, 2.45) is 0 Å². The quantitative estimate of drug-likeness (QED) is 0.569. The van der Waals surface area contributed by atoms with E-state index < -0.39 is 0 Å². The maximum atomic E-state index is 3.49. The Hall–Kier alpha value is -2.34. The summed E-state index contributed by atoms with van der Waals surface area (Å²) in [5.74, 6) is 0.725. The Morgan fingerprint density at radius 2 is 1.18 bits per heavy atom. The zero-order valence-corrected chi connectivity index (χ0v) is 13.2. The first-order valence-electron chi connectivity index (χ1n) is 7.87. The second-order valence-corrected chi connectivity index (χ2v) is 5.80. The highest BCUT2D eigenvalue weighted by molar-refractivity contribution is 5.42. The van der Waals surface area contributed by atoms with E-state index in [0.29, 0.717) is 11.8 Å². The molecular formula is C22H21. The first-order chi connectivity index (χ1) is 10.8. The molecule has 3 rings (SSSR count). The van der Waals surface area contributed by atoms with E-state index in [1.807, 2.05) is 6.07 Å². The Kier molecular flexibility index (Phi) is 4.39. The van der Waals surface area contributed by atoms with Crippen LogP contribution in [0.4, 0.5) is 0 Å². The van der Waals surface area contributed by atoms with Gasteiger partial charge >= 0.3 is 0 Å². The highest BCUT2D eigenvalue weighted by Crippen LogP contribution is 2.33. The molecule has 2 unspecified atom stereocenters. The summed E-state index contributed by atoms with van der Waals surface area (Å²) in [6, 6.07) is 31.2. The third-order valence-electron chi connectivity index (χ3n) is 4.42. The third-order valence-corrected chi connectivity index (χ3v) is 4.42. The van der Waals surface area contributed by atoms with Crippen LogP contribution in [0.25, 0.3) is 0 Å². The third kappa shape index (κ3) is 2.96. The van der Waals surface area contributed by atoms with Gasteiger partial charge in [0.2, 0.25) is 0 Å². The van der Waals surface area contributed by atoms with E-state index in [-0.39, 0.29) is 0 Å². The molecule has 3 aromatic rings. The van der Waals surface area contributed by atoms with Gasteiger partial charge in [0.1, 0.15) is 0 Å². The average Bonchev–Trinajstić information content (AvgIpc) is 2.62. The standard InChI is InChI=1S/C22H21/c1-17(19-11-5-3-6-12-19)21-15-9-10-16-22(21)18(2)20-13-7-4-8-14-20/h3-15,17-18H,1-2H3. The highest BCUT2D eigenvalue weighted by atomic mass is 14.2. The van der Waals surface area contributed by atoms with Crippen LogP contribution in [-0.4, -0.2) is 0 Å². The smallest absolute Gasteiger partial charge is 0.00701 e. The van der Waals surface area contributed by atoms with Gasteiger partial charge in [0, 0.05) is 11.8 Å². The minimum Gasteiger partial charge on any atom is -0.0622 e. The van der Waals surface area contributed by atoms with Gasteiger partial charge in [-0.2, -0.15) is 0 Å². The van der Waals surface area contributed by atoms with Gasteiger partial charge in [0.15, 0.2) is 0 Å². The molecule has 0 heteroatoms. The summed E-state index contributed by atoms with van der Waals surface area (Å²) in [5, 5.41) is 0. The van der Waals surface area contributed by atoms with Crippen LogP contribution < -0.4 is 0 Å². The fraction of sp³-hybridized carbons (Fsp3) is 0.182. The number of hydrogen-bond donors (Lipinski definition) is 0. The molecule has 0 saturated carbocycles. The van der Waals surface area contributed by atoms with Gasteiger partial charge in [-0.1, -0.05) is 92.7 Å². The van der Waals surface area contributed by atoms with Crippen LogP contribution in [-0.2, 0) is 0 Å². The number of rotatable bonds is 4. The molecule has 0 amide bonds. The summed E-state index contributed by atoms with van der Waals surface area (Å²) in [7, 11) is 0. The van der Waals surface area contributed by atoms with Crippen molar-refractivity contribution in [1.82, 2.24) is 0 Å². The van der Waals surface area contributed by atoms with E-state index in [2.05, 4.69) is 92.7 Å². The van der Waals surface area contributed by atoms with Crippen molar-refractivity contribution in [2.45, 2.75) is 25.7 Å². The molecule has 1 radical (unpaired) electrons. The molecule has 0 saturated heterocycles. The van der Waals surface area contributed by atoms with Gasteiger partial charge in [-0.05, 0) is 28.3 Å². The molecule has 22 heavy (non-hydrogen) atoms. The van der Waals surface area contributed by atoms with E-state index in [9.17, 15) is 0 Å². The van der Waals surface area contributed by atoms with Gasteiger partial charge < -0.3 is 0 Å². The fourth-order valence-corrected chi connectivity index (χ4v) is 3.05. The van der Waals surface area contributed by atoms with Crippen LogP contribution in [0.5, 0.6) is 0 Å². The molecule has 0 N–H and O–H groups in total. The lowest BCUT2D eigenvalue weighted by molar-refractivity contribution is 0.841. The maximum absolute atomic E-state index is 3.49. The van der Waals surface area contributed by atoms with E-state index in [4.69, 9.17) is 0 Å². The normalized spacial score (nSPS) is 13.5. The van der Waals surface area contributed by atoms with Crippen LogP contribution in [0.1, 0.15) is 47.9 Å². The number of hydrogen-bond acceptors (Lipinski definition) is 0. The average molecular weight is 285 g/mol. The Morgan fingerprint density at radius 1 is 0.636 bits per heavy atom. The minimum atomic E-state index is 0.351. The monoisotopic (exact) mass is 285 g/mol. The Bertz CT molecular complexity index is 649. The molecule has 3 aromatic carbocycles. The molecule has 0 aromatic heterocycles. The van der Waals surface area contributed by atoms with Crippen molar-refractivity contribution in [3.8, 4) is 0 Å². The first kappa shape index (κ1) is 14.6. The molecule has 0 aliphatic carbocycles. The molecular weight excluding hydrogens is 264 g/mol. The Morgan fingerprint density at radius 3 is 1.77 bits per heavy atom. The van der Waals surface area contributed by atoms with Crippen molar-refractivity contribution in [1.29, 1.82) is 0 Å². The molecule has 0 aliphatic heterocycles. The molecule has 0 nitrogen and oxygen atoms in total. The molecule has 0 heterocycles. The lowest BCUT2D eigenvalue weighted by Gasteiger charge is -2.21. The van der Waals surface area contributed by atoms with E-state index in [1.54, 1.807) is 0 Å². The second-order valence-electron chi connectivity index (χ2n) is 5.80. The molecule has 2 atom stereocenters. The van der Waals surface area contributed by atoms with Crippen molar-refractivity contribution in [3.05, 3.63) is 107 Å². The fourth-order valence-electron chi connectivity index (χ4n) is 3.05. The summed E-state index contributed by atoms with van der Waals surface area (Å²) >= 11 is 0. The minimum absolute atomic E-state index is 0.351. The lowest BCUT2D eigenvalue weighted by atomic mass is 9.83. The van der Waals surface area contributed by atoms with Crippen LogP contribution in [0.2, 0.25) is 0 Å². The van der Waals surface area contributed by atoms with Crippen molar-refractivity contribution in [2.75, 3.05) is 0 Å². The molecule has 0 aliphatic rings. The van der Waals surface area contributed by atoms with Crippen LogP contribution >= 0.6 is 0 Å². The molecule has 0 bridgehead atoms. The van der Waals surface area contributed by atoms with Crippen molar-refractivity contribution in [3.63, 3.8) is 0 Å². The zero-order chi connectivity index (χ0) is 15.4. The van der Waals surface area contributed by atoms with Gasteiger partial charge in [0.25, 0.3) is 0 Å². The van der Waals surface area contributed by atoms with E-state index >= 15 is 0 Å². The largest absolute Gasteiger partial charge is 0.0622 e. The maximum Gasteiger partial charge on any atom is 0.00701 e. The topological polar surface area (TPSA) is 0 Å². The Balaban J connectivity index is 2.00. The molecule has 0 spiro atoms. The highest BCUT2D eigenvalue weighted by Gasteiger charge is 2.17. The summed E-state index contributed by atoms with van der Waals surface area (Å²) in [6.07, 6.45) is 0. The van der Waals surface area contributed by atoms with Crippen molar-refractivity contribution < 1.29 is 0 Å². The van der Waals surface area contributed by atoms with Gasteiger partial charge in [-0.15, -0.1) is 0 Å². The van der Waals surface area contributed by atoms with Gasteiger partial charge in [-0.3, -0.25) is 0 Å². The van der Waals surface area contributed by atoms with Crippen LogP contribution in [0.3, 0.4) is 0 Å². The zero-order valence-electron chi connectivity index (χ0n) is 13.2. The first-order valence-corrected chi connectivity index (χ1v) is 7.87. The van der Waals surface area contributed by atoms with Crippen molar-refractivity contribution >= 4 is 0 Å². The summed E-state index contributed by atoms with van der Waals surface area (Å²) in [5.41, 5.74) is 5.35. The second kappa shape index (κ2) is 6.62. The predicted molar refractivity (Wildman–Crippen MR) is 93.2 cm³/mol. The van der Waals surface area contributed by atoms with Gasteiger partial charge in [0.05, 0.1) is 0 Å². The van der Waals surface area contributed by atoms with Crippen LogP contribution in [0, 0.1) is 6.07 Å². The Labute approximate surface area is 133 Å². The lowest BCUT2D eigenvalue weighted by Crippen LogP contribution is -2.05. The number of benzene rings is 3. The van der Waals surface area contributed by atoms with Gasteiger partial charge in [-0.25, -0.2) is 0 Å². The summed E-state index contributed by atoms with van der Waals surface area (Å²) < 4.78 is 0.